The zero-order valence-electron chi connectivity index (χ0n) is 10.9. The minimum atomic E-state index is -0.452. The zero-order valence-corrected chi connectivity index (χ0v) is 10.9. The van der Waals surface area contributed by atoms with E-state index in [-0.39, 0.29) is 0 Å². The first kappa shape index (κ1) is 13.2. The van der Waals surface area contributed by atoms with Crippen molar-refractivity contribution in [1.29, 1.82) is 0 Å². The molecule has 1 unspecified atom stereocenters. The third kappa shape index (κ3) is 4.55. The summed E-state index contributed by atoms with van der Waals surface area (Å²) in [4.78, 5) is 2.18. The monoisotopic (exact) mass is 250 g/mol. The fraction of sp³-hybridized carbons (Fsp3) is 0.571. The SMILES string of the molecule is CN(CC(O)COc1ccc(N)cc1)CC1CC1. The van der Waals surface area contributed by atoms with Crippen molar-refractivity contribution in [2.45, 2.75) is 18.9 Å². The van der Waals surface area contributed by atoms with Crippen LogP contribution >= 0.6 is 0 Å². The lowest BCUT2D eigenvalue weighted by Crippen LogP contribution is -2.34. The van der Waals surface area contributed by atoms with Crippen molar-refractivity contribution in [2.24, 2.45) is 5.92 Å². The third-order valence-electron chi connectivity index (χ3n) is 3.11. The normalized spacial score (nSPS) is 16.8. The molecule has 4 heteroatoms. The van der Waals surface area contributed by atoms with Gasteiger partial charge in [0.2, 0.25) is 0 Å². The molecule has 2 rings (SSSR count). The highest BCUT2D eigenvalue weighted by atomic mass is 16.5. The number of nitrogens with zero attached hydrogens (tertiary/aromatic N) is 1. The predicted molar refractivity (Wildman–Crippen MR) is 72.6 cm³/mol. The molecule has 1 fully saturated rings. The van der Waals surface area contributed by atoms with Crippen LogP contribution in [-0.2, 0) is 0 Å². The summed E-state index contributed by atoms with van der Waals surface area (Å²) in [5.74, 6) is 1.59. The van der Waals surface area contributed by atoms with E-state index in [0.29, 0.717) is 18.8 Å². The number of ether oxygens (including phenoxy) is 1. The van der Waals surface area contributed by atoms with Gasteiger partial charge < -0.3 is 20.5 Å². The van der Waals surface area contributed by atoms with Gasteiger partial charge in [-0.1, -0.05) is 0 Å². The maximum atomic E-state index is 9.88. The van der Waals surface area contributed by atoms with Crippen molar-refractivity contribution >= 4 is 5.69 Å². The fourth-order valence-electron chi connectivity index (χ4n) is 1.98. The predicted octanol–water partition coefficient (Wildman–Crippen LogP) is 1.35. The molecule has 100 valence electrons. The summed E-state index contributed by atoms with van der Waals surface area (Å²) in [5.41, 5.74) is 6.30. The van der Waals surface area contributed by atoms with E-state index in [0.717, 1.165) is 18.2 Å². The molecule has 1 atom stereocenters. The second-order valence-electron chi connectivity index (χ2n) is 5.20. The molecule has 4 nitrogen and oxygen atoms in total. The Morgan fingerprint density at radius 3 is 2.67 bits per heavy atom. The number of nitrogen functional groups attached to an aromatic ring is 1. The number of hydrogen-bond donors (Lipinski definition) is 2. The minimum Gasteiger partial charge on any atom is -0.491 e. The average Bonchev–Trinajstić information content (AvgIpc) is 3.12. The molecule has 1 aromatic carbocycles. The highest BCUT2D eigenvalue weighted by Gasteiger charge is 2.23. The van der Waals surface area contributed by atoms with Gasteiger partial charge in [-0.25, -0.2) is 0 Å². The first-order chi connectivity index (χ1) is 8.63. The maximum absolute atomic E-state index is 9.88. The molecular formula is C14H22N2O2. The van der Waals surface area contributed by atoms with Gasteiger partial charge >= 0.3 is 0 Å². The Morgan fingerprint density at radius 2 is 2.06 bits per heavy atom. The fourth-order valence-corrected chi connectivity index (χ4v) is 1.98. The molecule has 0 saturated heterocycles. The van der Waals surface area contributed by atoms with E-state index in [9.17, 15) is 5.11 Å². The van der Waals surface area contributed by atoms with Crippen molar-refractivity contribution in [1.82, 2.24) is 4.90 Å². The van der Waals surface area contributed by atoms with Crippen molar-refractivity contribution in [3.63, 3.8) is 0 Å². The molecular weight excluding hydrogens is 228 g/mol. The minimum absolute atomic E-state index is 0.318. The van der Waals surface area contributed by atoms with Gasteiger partial charge in [-0.2, -0.15) is 0 Å². The summed E-state index contributed by atoms with van der Waals surface area (Å²) < 4.78 is 5.51. The summed E-state index contributed by atoms with van der Waals surface area (Å²) in [5, 5.41) is 9.88. The smallest absolute Gasteiger partial charge is 0.119 e. The number of aliphatic hydroxyl groups is 1. The molecule has 0 radical (unpaired) electrons. The number of hydrogen-bond acceptors (Lipinski definition) is 4. The highest BCUT2D eigenvalue weighted by molar-refractivity contribution is 5.41. The first-order valence-corrected chi connectivity index (χ1v) is 6.48. The summed E-state index contributed by atoms with van der Waals surface area (Å²) >= 11 is 0. The van der Waals surface area contributed by atoms with Crippen molar-refractivity contribution in [3.05, 3.63) is 24.3 Å². The van der Waals surface area contributed by atoms with Gasteiger partial charge in [-0.3, -0.25) is 0 Å². The molecule has 0 aliphatic heterocycles. The van der Waals surface area contributed by atoms with E-state index in [1.807, 2.05) is 19.2 Å². The lowest BCUT2D eigenvalue weighted by Gasteiger charge is -2.20. The number of benzene rings is 1. The standard InChI is InChI=1S/C14H22N2O2/c1-16(8-11-2-3-11)9-13(17)10-18-14-6-4-12(15)5-7-14/h4-7,11,13,17H,2-3,8-10,15H2,1H3. The maximum Gasteiger partial charge on any atom is 0.119 e. The van der Waals surface area contributed by atoms with Crippen LogP contribution in [0.5, 0.6) is 5.75 Å². The van der Waals surface area contributed by atoms with Gasteiger partial charge in [0.05, 0.1) is 0 Å². The van der Waals surface area contributed by atoms with Gasteiger partial charge in [-0.15, -0.1) is 0 Å². The molecule has 18 heavy (non-hydrogen) atoms. The largest absolute Gasteiger partial charge is 0.491 e. The van der Waals surface area contributed by atoms with Crippen molar-refractivity contribution in [2.75, 3.05) is 32.5 Å². The molecule has 0 bridgehead atoms. The van der Waals surface area contributed by atoms with Gasteiger partial charge in [0, 0.05) is 18.8 Å². The topological polar surface area (TPSA) is 58.7 Å². The lowest BCUT2D eigenvalue weighted by molar-refractivity contribution is 0.0751. The van der Waals surface area contributed by atoms with Crippen molar-refractivity contribution in [3.8, 4) is 5.75 Å². The summed E-state index contributed by atoms with van der Waals surface area (Å²) in [7, 11) is 2.05. The van der Waals surface area contributed by atoms with Crippen LogP contribution < -0.4 is 10.5 Å². The van der Waals surface area contributed by atoms with Crippen LogP contribution in [-0.4, -0.2) is 42.9 Å². The Bertz CT molecular complexity index is 363. The van der Waals surface area contributed by atoms with E-state index in [1.54, 1.807) is 12.1 Å². The number of aliphatic hydroxyl groups excluding tert-OH is 1. The Hall–Kier alpha value is -1.26. The Morgan fingerprint density at radius 1 is 1.39 bits per heavy atom. The number of anilines is 1. The van der Waals surface area contributed by atoms with Gasteiger partial charge in [0.15, 0.2) is 0 Å². The zero-order chi connectivity index (χ0) is 13.0. The second-order valence-corrected chi connectivity index (χ2v) is 5.20. The van der Waals surface area contributed by atoms with E-state index in [1.165, 1.54) is 12.8 Å². The average molecular weight is 250 g/mol. The van der Waals surface area contributed by atoms with E-state index in [4.69, 9.17) is 10.5 Å². The summed E-state index contributed by atoms with van der Waals surface area (Å²) in [6.45, 7) is 2.06. The van der Waals surface area contributed by atoms with Gasteiger partial charge in [-0.05, 0) is 50.1 Å². The second kappa shape index (κ2) is 6.07. The molecule has 1 saturated carbocycles. The van der Waals surface area contributed by atoms with Crippen LogP contribution in [0.4, 0.5) is 5.69 Å². The van der Waals surface area contributed by atoms with Gasteiger partial charge in [0.25, 0.3) is 0 Å². The van der Waals surface area contributed by atoms with Crippen LogP contribution in [0.25, 0.3) is 0 Å². The Kier molecular flexibility index (Phi) is 4.44. The van der Waals surface area contributed by atoms with Crippen molar-refractivity contribution < 1.29 is 9.84 Å². The van der Waals surface area contributed by atoms with Crippen LogP contribution in [0, 0.1) is 5.92 Å². The molecule has 3 N–H and O–H groups in total. The molecule has 1 aromatic rings. The molecule has 1 aliphatic rings. The van der Waals surface area contributed by atoms with Crippen LogP contribution in [0.15, 0.2) is 24.3 Å². The number of rotatable bonds is 7. The van der Waals surface area contributed by atoms with E-state index in [2.05, 4.69) is 4.90 Å². The Balaban J connectivity index is 1.66. The Labute approximate surface area is 108 Å². The summed E-state index contributed by atoms with van der Waals surface area (Å²) in [6, 6.07) is 7.22. The summed E-state index contributed by atoms with van der Waals surface area (Å²) in [6.07, 6.45) is 2.22. The number of nitrogens with two attached hydrogens (primary N) is 1. The molecule has 0 heterocycles. The number of likely N-dealkylation sites (N-methyl/N-ethyl adjacent to an activating group) is 1. The lowest BCUT2D eigenvalue weighted by atomic mass is 10.3. The van der Waals surface area contributed by atoms with Gasteiger partial charge in [0.1, 0.15) is 18.5 Å². The van der Waals surface area contributed by atoms with Crippen LogP contribution in [0.3, 0.4) is 0 Å². The van der Waals surface area contributed by atoms with E-state index < -0.39 is 6.10 Å². The van der Waals surface area contributed by atoms with Crippen LogP contribution in [0.2, 0.25) is 0 Å². The highest BCUT2D eigenvalue weighted by Crippen LogP contribution is 2.29. The first-order valence-electron chi connectivity index (χ1n) is 6.48. The molecule has 0 spiro atoms. The molecule has 0 amide bonds. The third-order valence-corrected chi connectivity index (χ3v) is 3.11. The molecule has 1 aliphatic carbocycles. The van der Waals surface area contributed by atoms with E-state index >= 15 is 0 Å². The van der Waals surface area contributed by atoms with Crippen LogP contribution in [0.1, 0.15) is 12.8 Å². The molecule has 0 aromatic heterocycles. The quantitative estimate of drug-likeness (QED) is 0.717.